The molecule has 0 saturated heterocycles. The first-order valence-electron chi connectivity index (χ1n) is 2.09. The molecule has 48 valence electrons. The maximum Gasteiger partial charge on any atom is 0.393 e. The van der Waals surface area contributed by atoms with E-state index in [0.717, 1.165) is 0 Å². The first-order chi connectivity index (χ1) is 3.83. The minimum absolute atomic E-state index is 0. The van der Waals surface area contributed by atoms with Crippen molar-refractivity contribution in [1.82, 2.24) is 15.2 Å². The van der Waals surface area contributed by atoms with Crippen LogP contribution in [0.5, 0.6) is 0 Å². The Morgan fingerprint density at radius 1 is 1.67 bits per heavy atom. The number of hydrogen-bond donors (Lipinski definition) is 1. The van der Waals surface area contributed by atoms with E-state index >= 15 is 0 Å². The van der Waals surface area contributed by atoms with Crippen LogP contribution in [0.2, 0.25) is 0 Å². The lowest BCUT2D eigenvalue weighted by atomic mass is 10.8. The summed E-state index contributed by atoms with van der Waals surface area (Å²) in [5.41, 5.74) is 0. The van der Waals surface area contributed by atoms with Crippen molar-refractivity contribution < 1.29 is 0 Å². The molecule has 0 aliphatic heterocycles. The van der Waals surface area contributed by atoms with E-state index < -0.39 is 0 Å². The lowest BCUT2D eigenvalue weighted by Crippen LogP contribution is -1.68. The Morgan fingerprint density at radius 3 is 2.56 bits per heavy atom. The molecule has 0 aliphatic rings. The molecule has 0 aromatic carbocycles. The molecule has 0 saturated carbocycles. The quantitative estimate of drug-likeness (QED) is 0.530. The molecule has 4 nitrogen and oxygen atoms in total. The number of aromatic nitrogens is 3. The molecule has 1 rings (SSSR count). The average Bonchev–Trinajstić information content (AvgIpc) is 2.14. The molecule has 4 heteroatoms. The predicted octanol–water partition coefficient (Wildman–Crippen LogP) is 1.30. The minimum atomic E-state index is 0. The SMILES string of the molecule is C.[C-]#[N+]c1n[nH]c(C)n1. The summed E-state index contributed by atoms with van der Waals surface area (Å²) >= 11 is 0. The number of nitrogens with zero attached hydrogens (tertiary/aromatic N) is 3. The summed E-state index contributed by atoms with van der Waals surface area (Å²) in [5.74, 6) is 0.860. The van der Waals surface area contributed by atoms with Crippen molar-refractivity contribution in [2.24, 2.45) is 0 Å². The van der Waals surface area contributed by atoms with Crippen LogP contribution in [0, 0.1) is 13.5 Å². The Labute approximate surface area is 53.8 Å². The van der Waals surface area contributed by atoms with Crippen LogP contribution in [-0.4, -0.2) is 15.2 Å². The summed E-state index contributed by atoms with van der Waals surface area (Å²) in [6.45, 7) is 8.19. The van der Waals surface area contributed by atoms with E-state index in [4.69, 9.17) is 6.57 Å². The Morgan fingerprint density at radius 2 is 2.33 bits per heavy atom. The van der Waals surface area contributed by atoms with Crippen LogP contribution in [0.3, 0.4) is 0 Å². The van der Waals surface area contributed by atoms with E-state index in [-0.39, 0.29) is 13.4 Å². The highest BCUT2D eigenvalue weighted by atomic mass is 15.3. The number of aryl methyl sites for hydroxylation is 1. The van der Waals surface area contributed by atoms with Crippen LogP contribution in [0.25, 0.3) is 4.85 Å². The Balaban J connectivity index is 0.000000640. The second-order valence-electron chi connectivity index (χ2n) is 1.33. The number of nitrogens with one attached hydrogen (secondary N) is 1. The molecule has 1 aromatic rings. The Kier molecular flexibility index (Phi) is 2.39. The van der Waals surface area contributed by atoms with E-state index in [1.807, 2.05) is 0 Å². The molecule has 0 bridgehead atoms. The van der Waals surface area contributed by atoms with Gasteiger partial charge < -0.3 is 4.85 Å². The maximum absolute atomic E-state index is 6.44. The van der Waals surface area contributed by atoms with Gasteiger partial charge in [0.25, 0.3) is 0 Å². The van der Waals surface area contributed by atoms with Crippen LogP contribution in [0.4, 0.5) is 5.95 Å². The van der Waals surface area contributed by atoms with Crippen molar-refractivity contribution in [1.29, 1.82) is 0 Å². The monoisotopic (exact) mass is 124 g/mol. The smallest absolute Gasteiger partial charge is 0.393 e. The van der Waals surface area contributed by atoms with Crippen LogP contribution < -0.4 is 0 Å². The van der Waals surface area contributed by atoms with E-state index in [0.29, 0.717) is 5.82 Å². The first-order valence-corrected chi connectivity index (χ1v) is 2.09. The van der Waals surface area contributed by atoms with Crippen molar-refractivity contribution in [2.75, 3.05) is 0 Å². The number of H-pyrrole nitrogens is 1. The van der Waals surface area contributed by atoms with Crippen LogP contribution >= 0.6 is 0 Å². The zero-order valence-electron chi connectivity index (χ0n) is 4.34. The molecule has 0 atom stereocenters. The van der Waals surface area contributed by atoms with Crippen LogP contribution in [-0.2, 0) is 0 Å². The Hall–Kier alpha value is -1.37. The lowest BCUT2D eigenvalue weighted by molar-refractivity contribution is 1.04. The topological polar surface area (TPSA) is 45.9 Å². The number of aromatic amines is 1. The summed E-state index contributed by atoms with van der Waals surface area (Å²) in [7, 11) is 0. The van der Waals surface area contributed by atoms with Crippen molar-refractivity contribution >= 4 is 5.95 Å². The average molecular weight is 124 g/mol. The highest BCUT2D eigenvalue weighted by Crippen LogP contribution is 1.98. The second kappa shape index (κ2) is 2.82. The van der Waals surface area contributed by atoms with Crippen molar-refractivity contribution in [3.8, 4) is 0 Å². The molecule has 0 amide bonds. The molecule has 0 aliphatic carbocycles. The van der Waals surface area contributed by atoms with Gasteiger partial charge in [-0.3, -0.25) is 0 Å². The predicted molar refractivity (Wildman–Crippen MR) is 34.1 cm³/mol. The highest BCUT2D eigenvalue weighted by molar-refractivity contribution is 5.22. The van der Waals surface area contributed by atoms with Gasteiger partial charge in [0.15, 0.2) is 5.82 Å². The summed E-state index contributed by atoms with van der Waals surface area (Å²) in [6.07, 6.45) is 0. The van der Waals surface area contributed by atoms with Gasteiger partial charge in [0.2, 0.25) is 0 Å². The number of hydrogen-bond acceptors (Lipinski definition) is 2. The van der Waals surface area contributed by atoms with Crippen molar-refractivity contribution in [2.45, 2.75) is 14.4 Å². The van der Waals surface area contributed by atoms with Gasteiger partial charge in [-0.05, 0) is 0 Å². The van der Waals surface area contributed by atoms with Gasteiger partial charge >= 0.3 is 5.95 Å². The fourth-order valence-electron chi connectivity index (χ4n) is 0.381. The molecule has 0 radical (unpaired) electrons. The third-order valence-electron chi connectivity index (χ3n) is 0.685. The zero-order chi connectivity index (χ0) is 5.98. The fourth-order valence-corrected chi connectivity index (χ4v) is 0.381. The molecule has 0 fully saturated rings. The van der Waals surface area contributed by atoms with E-state index in [2.05, 4.69) is 20.0 Å². The minimum Gasteiger partial charge on any atom is -0.393 e. The van der Waals surface area contributed by atoms with E-state index in [9.17, 15) is 0 Å². The third-order valence-corrected chi connectivity index (χ3v) is 0.685. The molecule has 0 unspecified atom stereocenters. The molecular formula is C5H8N4. The van der Waals surface area contributed by atoms with Gasteiger partial charge in [-0.25, -0.2) is 5.10 Å². The van der Waals surface area contributed by atoms with E-state index in [1.165, 1.54) is 0 Å². The maximum atomic E-state index is 6.44. The van der Waals surface area contributed by atoms with Crippen molar-refractivity contribution in [3.63, 3.8) is 0 Å². The van der Waals surface area contributed by atoms with Gasteiger partial charge in [-0.15, -0.1) is 11.6 Å². The van der Waals surface area contributed by atoms with Gasteiger partial charge in [0.05, 0.1) is 0 Å². The summed E-state index contributed by atoms with van der Waals surface area (Å²) in [5, 5.41) is 6.09. The molecule has 0 spiro atoms. The summed E-state index contributed by atoms with van der Waals surface area (Å²) in [4.78, 5) is 6.70. The van der Waals surface area contributed by atoms with Gasteiger partial charge in [0.1, 0.15) is 0 Å². The molecule has 1 N–H and O–H groups in total. The van der Waals surface area contributed by atoms with Gasteiger partial charge in [0, 0.05) is 6.92 Å². The van der Waals surface area contributed by atoms with Crippen LogP contribution in [0.15, 0.2) is 0 Å². The summed E-state index contributed by atoms with van der Waals surface area (Å²) in [6, 6.07) is 0. The fraction of sp³-hybridized carbons (Fsp3) is 0.400. The third kappa shape index (κ3) is 1.53. The van der Waals surface area contributed by atoms with Gasteiger partial charge in [-0.1, -0.05) is 12.5 Å². The molecular weight excluding hydrogens is 116 g/mol. The zero-order valence-corrected chi connectivity index (χ0v) is 4.34. The lowest BCUT2D eigenvalue weighted by Gasteiger charge is -1.66. The van der Waals surface area contributed by atoms with E-state index in [1.54, 1.807) is 6.92 Å². The first kappa shape index (κ1) is 7.63. The van der Waals surface area contributed by atoms with Gasteiger partial charge in [-0.2, -0.15) is 0 Å². The summed E-state index contributed by atoms with van der Waals surface area (Å²) < 4.78 is 0. The second-order valence-corrected chi connectivity index (χ2v) is 1.33. The highest BCUT2D eigenvalue weighted by Gasteiger charge is 1.96. The molecule has 1 heterocycles. The normalized spacial score (nSPS) is 7.56. The number of rotatable bonds is 0. The van der Waals surface area contributed by atoms with Crippen molar-refractivity contribution in [3.05, 3.63) is 17.2 Å². The van der Waals surface area contributed by atoms with Crippen LogP contribution in [0.1, 0.15) is 13.3 Å². The molecule has 1 aromatic heterocycles. The largest absolute Gasteiger partial charge is 0.393 e. The Bertz CT molecular complexity index is 219. The molecule has 9 heavy (non-hydrogen) atoms. The standard InChI is InChI=1S/C4H4N4.CH4/c1-3-6-4(5-2)8-7-3;/h1H3,(H,6,7,8);1H4.